The maximum atomic E-state index is 13.4. The number of carbonyl (C=O) groups excluding carboxylic acids is 1. The summed E-state index contributed by atoms with van der Waals surface area (Å²) in [5.74, 6) is -1.40. The van der Waals surface area contributed by atoms with Gasteiger partial charge in [0.2, 0.25) is 0 Å². The molecule has 3 N–H and O–H groups in total. The van der Waals surface area contributed by atoms with Crippen LogP contribution in [-0.2, 0) is 0 Å². The first kappa shape index (κ1) is 16.0. The molecule has 0 bridgehead atoms. The lowest BCUT2D eigenvalue weighted by molar-refractivity contribution is 0.0996. The number of halogens is 3. The third kappa shape index (κ3) is 3.83. The van der Waals surface area contributed by atoms with Gasteiger partial charge in [-0.05, 0) is 42.8 Å². The molecule has 0 fully saturated rings. The molecule has 0 aliphatic carbocycles. The zero-order chi connectivity index (χ0) is 15.6. The fourth-order valence-corrected chi connectivity index (χ4v) is 3.37. The molecule has 0 aliphatic rings. The summed E-state index contributed by atoms with van der Waals surface area (Å²) in [5, 5.41) is 3.22. The molecule has 2 rings (SSSR count). The molecule has 0 aliphatic heterocycles. The minimum atomic E-state index is -0.784. The summed E-state index contributed by atoms with van der Waals surface area (Å²) in [6.45, 7) is 1.97. The Morgan fingerprint density at radius 1 is 1.24 bits per heavy atom. The minimum absolute atomic E-state index is 0.0290. The summed E-state index contributed by atoms with van der Waals surface area (Å²) in [5.41, 5.74) is 6.70. The van der Waals surface area contributed by atoms with Gasteiger partial charge < -0.3 is 11.1 Å². The summed E-state index contributed by atoms with van der Waals surface area (Å²) in [7, 11) is 0. The number of amides is 1. The molecule has 3 nitrogen and oxygen atoms in total. The van der Waals surface area contributed by atoms with Crippen LogP contribution in [-0.4, -0.2) is 5.91 Å². The summed E-state index contributed by atoms with van der Waals surface area (Å²) < 4.78 is 15.4. The van der Waals surface area contributed by atoms with Gasteiger partial charge in [0.05, 0.1) is 5.56 Å². The van der Waals surface area contributed by atoms with Crippen molar-refractivity contribution in [3.63, 3.8) is 0 Å². The molecule has 21 heavy (non-hydrogen) atoms. The molecule has 0 heterocycles. The van der Waals surface area contributed by atoms with Crippen molar-refractivity contribution in [1.82, 2.24) is 0 Å². The van der Waals surface area contributed by atoms with Crippen LogP contribution >= 0.6 is 31.9 Å². The molecule has 0 radical (unpaired) electrons. The predicted molar refractivity (Wildman–Crippen MR) is 88.8 cm³/mol. The van der Waals surface area contributed by atoms with Gasteiger partial charge in [0, 0.05) is 20.7 Å². The van der Waals surface area contributed by atoms with Crippen LogP contribution in [0.25, 0.3) is 0 Å². The van der Waals surface area contributed by atoms with E-state index in [1.54, 1.807) is 6.07 Å². The lowest BCUT2D eigenvalue weighted by Gasteiger charge is -2.18. The van der Waals surface area contributed by atoms with E-state index in [9.17, 15) is 9.18 Å². The van der Waals surface area contributed by atoms with E-state index in [2.05, 4.69) is 37.2 Å². The number of carbonyl (C=O) groups is 1. The van der Waals surface area contributed by atoms with Crippen LogP contribution in [0.4, 0.5) is 10.1 Å². The molecular formula is C15H13Br2FN2O. The second kappa shape index (κ2) is 6.58. The van der Waals surface area contributed by atoms with Crippen LogP contribution in [0, 0.1) is 5.82 Å². The summed E-state index contributed by atoms with van der Waals surface area (Å²) in [4.78, 5) is 11.2. The molecule has 6 heteroatoms. The number of primary amides is 1. The van der Waals surface area contributed by atoms with Gasteiger partial charge in [-0.3, -0.25) is 4.79 Å². The summed E-state index contributed by atoms with van der Waals surface area (Å²) in [6, 6.07) is 10.1. The number of anilines is 1. The third-order valence-corrected chi connectivity index (χ3v) is 4.22. The highest BCUT2D eigenvalue weighted by atomic mass is 79.9. The number of hydrogen-bond donors (Lipinski definition) is 2. The fourth-order valence-electron chi connectivity index (χ4n) is 1.98. The van der Waals surface area contributed by atoms with Crippen molar-refractivity contribution in [1.29, 1.82) is 0 Å². The first-order valence-corrected chi connectivity index (χ1v) is 7.78. The molecule has 0 aromatic heterocycles. The van der Waals surface area contributed by atoms with Gasteiger partial charge >= 0.3 is 0 Å². The van der Waals surface area contributed by atoms with Crippen LogP contribution in [0.3, 0.4) is 0 Å². The Kier molecular flexibility index (Phi) is 5.00. The Bertz CT molecular complexity index is 691. The molecule has 0 spiro atoms. The van der Waals surface area contributed by atoms with Crippen LogP contribution in [0.5, 0.6) is 0 Å². The minimum Gasteiger partial charge on any atom is -0.378 e. The number of nitrogens with two attached hydrogens (primary N) is 1. The lowest BCUT2D eigenvalue weighted by atomic mass is 10.1. The lowest BCUT2D eigenvalue weighted by Crippen LogP contribution is -2.14. The smallest absolute Gasteiger partial charge is 0.251 e. The molecule has 2 aromatic rings. The van der Waals surface area contributed by atoms with E-state index >= 15 is 0 Å². The topological polar surface area (TPSA) is 55.1 Å². The van der Waals surface area contributed by atoms with E-state index in [0.29, 0.717) is 5.69 Å². The molecule has 2 aromatic carbocycles. The Labute approximate surface area is 139 Å². The Hall–Kier alpha value is -1.40. The van der Waals surface area contributed by atoms with E-state index in [1.165, 1.54) is 12.1 Å². The Morgan fingerprint density at radius 2 is 1.95 bits per heavy atom. The van der Waals surface area contributed by atoms with E-state index in [1.807, 2.05) is 25.1 Å². The highest BCUT2D eigenvalue weighted by Crippen LogP contribution is 2.29. The summed E-state index contributed by atoms with van der Waals surface area (Å²) in [6.07, 6.45) is 0. The van der Waals surface area contributed by atoms with E-state index in [-0.39, 0.29) is 11.6 Å². The summed E-state index contributed by atoms with van der Waals surface area (Å²) >= 11 is 6.91. The van der Waals surface area contributed by atoms with Crippen molar-refractivity contribution in [3.8, 4) is 0 Å². The molecule has 0 saturated carbocycles. The average Bonchev–Trinajstić information content (AvgIpc) is 2.40. The monoisotopic (exact) mass is 414 g/mol. The standard InChI is InChI=1S/C15H13Br2FN2O/c1-8(11-4-2-9(16)6-13(11)17)20-10-3-5-14(18)12(7-10)15(19)21/h2-8,20H,1H3,(H2,19,21). The van der Waals surface area contributed by atoms with Gasteiger partial charge in [0.1, 0.15) is 5.82 Å². The zero-order valence-electron chi connectivity index (χ0n) is 11.2. The first-order chi connectivity index (χ1) is 9.88. The van der Waals surface area contributed by atoms with Crippen LogP contribution < -0.4 is 11.1 Å². The maximum absolute atomic E-state index is 13.4. The van der Waals surface area contributed by atoms with Crippen molar-refractivity contribution < 1.29 is 9.18 Å². The van der Waals surface area contributed by atoms with E-state index in [4.69, 9.17) is 5.73 Å². The quantitative estimate of drug-likeness (QED) is 0.765. The fraction of sp³-hybridized carbons (Fsp3) is 0.133. The number of nitrogens with one attached hydrogen (secondary N) is 1. The molecule has 110 valence electrons. The van der Waals surface area contributed by atoms with Gasteiger partial charge in [-0.15, -0.1) is 0 Å². The second-order valence-corrected chi connectivity index (χ2v) is 6.36. The van der Waals surface area contributed by atoms with Crippen LogP contribution in [0.1, 0.15) is 28.9 Å². The zero-order valence-corrected chi connectivity index (χ0v) is 14.3. The third-order valence-electron chi connectivity index (χ3n) is 3.04. The number of hydrogen-bond acceptors (Lipinski definition) is 2. The molecule has 1 unspecified atom stereocenters. The van der Waals surface area contributed by atoms with Gasteiger partial charge in [0.25, 0.3) is 5.91 Å². The SMILES string of the molecule is CC(Nc1ccc(F)c(C(N)=O)c1)c1ccc(Br)cc1Br. The van der Waals surface area contributed by atoms with Crippen LogP contribution in [0.15, 0.2) is 45.3 Å². The van der Waals surface area contributed by atoms with Gasteiger partial charge in [0.15, 0.2) is 0 Å². The average molecular weight is 416 g/mol. The molecular weight excluding hydrogens is 403 g/mol. The van der Waals surface area contributed by atoms with E-state index < -0.39 is 11.7 Å². The highest BCUT2D eigenvalue weighted by molar-refractivity contribution is 9.11. The predicted octanol–water partition coefficient (Wildman–Crippen LogP) is 4.62. The van der Waals surface area contributed by atoms with Crippen molar-refractivity contribution in [2.24, 2.45) is 5.73 Å². The van der Waals surface area contributed by atoms with Crippen molar-refractivity contribution in [3.05, 3.63) is 62.3 Å². The maximum Gasteiger partial charge on any atom is 0.251 e. The number of benzene rings is 2. The molecule has 0 saturated heterocycles. The second-order valence-electron chi connectivity index (χ2n) is 4.59. The van der Waals surface area contributed by atoms with Gasteiger partial charge in [-0.25, -0.2) is 4.39 Å². The van der Waals surface area contributed by atoms with Crippen molar-refractivity contribution in [2.45, 2.75) is 13.0 Å². The molecule has 1 amide bonds. The van der Waals surface area contributed by atoms with Gasteiger partial charge in [-0.2, -0.15) is 0 Å². The number of rotatable bonds is 4. The van der Waals surface area contributed by atoms with Crippen LogP contribution in [0.2, 0.25) is 0 Å². The largest absolute Gasteiger partial charge is 0.378 e. The van der Waals surface area contributed by atoms with Crippen molar-refractivity contribution in [2.75, 3.05) is 5.32 Å². The van der Waals surface area contributed by atoms with Gasteiger partial charge in [-0.1, -0.05) is 37.9 Å². The first-order valence-electron chi connectivity index (χ1n) is 6.19. The van der Waals surface area contributed by atoms with E-state index in [0.717, 1.165) is 14.5 Å². The molecule has 1 atom stereocenters. The Morgan fingerprint density at radius 3 is 2.57 bits per heavy atom. The normalized spacial score (nSPS) is 12.0. The Balaban J connectivity index is 2.25. The highest BCUT2D eigenvalue weighted by Gasteiger charge is 2.13. The van der Waals surface area contributed by atoms with Crippen molar-refractivity contribution >= 4 is 43.5 Å².